The Balaban J connectivity index is 3.52. The second-order valence-corrected chi connectivity index (χ2v) is 6.15. The van der Waals surface area contributed by atoms with Crippen LogP contribution in [0.2, 0.25) is 0 Å². The molecule has 1 aromatic rings. The Morgan fingerprint density at radius 1 is 1.00 bits per heavy atom. The molecule has 0 aromatic heterocycles. The molecule has 0 N–H and O–H groups in total. The summed E-state index contributed by atoms with van der Waals surface area (Å²) in [6.45, 7) is 10.7. The molecule has 17 heavy (non-hydrogen) atoms. The number of hydrogen-bond acceptors (Lipinski definition) is 1. The summed E-state index contributed by atoms with van der Waals surface area (Å²) < 4.78 is 1.10. The highest BCUT2D eigenvalue weighted by Gasteiger charge is 2.19. The fourth-order valence-electron chi connectivity index (χ4n) is 2.21. The van der Waals surface area contributed by atoms with Crippen molar-refractivity contribution >= 4 is 22.2 Å². The number of halogens is 1. The van der Waals surface area contributed by atoms with Gasteiger partial charge in [-0.2, -0.15) is 0 Å². The zero-order valence-corrected chi connectivity index (χ0v) is 12.8. The van der Waals surface area contributed by atoms with Crippen molar-refractivity contribution < 1.29 is 4.79 Å². The Morgan fingerprint density at radius 3 is 1.71 bits per heavy atom. The maximum absolute atomic E-state index is 11.1. The van der Waals surface area contributed by atoms with E-state index in [1.165, 1.54) is 16.7 Å². The Labute approximate surface area is 113 Å². The van der Waals surface area contributed by atoms with Gasteiger partial charge in [0.2, 0.25) is 0 Å². The Morgan fingerprint density at radius 2 is 1.41 bits per heavy atom. The molecule has 2 heteroatoms. The zero-order valence-electron chi connectivity index (χ0n) is 11.3. The third-order valence-electron chi connectivity index (χ3n) is 3.11. The van der Waals surface area contributed by atoms with E-state index in [0.29, 0.717) is 11.8 Å². The number of aldehydes is 1. The number of carbonyl (C=O) groups is 1. The van der Waals surface area contributed by atoms with Crippen LogP contribution in [0.25, 0.3) is 0 Å². The molecule has 1 unspecified atom stereocenters. The second-order valence-electron chi connectivity index (χ2n) is 5.23. The molecule has 0 spiro atoms. The van der Waals surface area contributed by atoms with Crippen LogP contribution in [0.1, 0.15) is 69.1 Å². The number of carbonyl (C=O) groups excluding carboxylic acids is 1. The van der Waals surface area contributed by atoms with Gasteiger partial charge in [0.25, 0.3) is 0 Å². The molecule has 0 bridgehead atoms. The van der Waals surface area contributed by atoms with Gasteiger partial charge in [0.05, 0.1) is 0 Å². The molecule has 0 saturated heterocycles. The van der Waals surface area contributed by atoms with E-state index in [0.717, 1.165) is 10.8 Å². The lowest BCUT2D eigenvalue weighted by Crippen LogP contribution is -2.08. The molecule has 0 radical (unpaired) electrons. The van der Waals surface area contributed by atoms with E-state index in [2.05, 4.69) is 55.8 Å². The molecular weight excluding hydrogens is 276 g/mol. The minimum atomic E-state index is -0.0297. The van der Waals surface area contributed by atoms with Gasteiger partial charge in [-0.05, 0) is 40.7 Å². The number of hydrogen-bond donors (Lipinski definition) is 0. The average molecular weight is 297 g/mol. The van der Waals surface area contributed by atoms with Crippen LogP contribution in [0.3, 0.4) is 0 Å². The van der Waals surface area contributed by atoms with Crippen LogP contribution in [0, 0.1) is 0 Å². The van der Waals surface area contributed by atoms with Crippen molar-refractivity contribution in [1.82, 2.24) is 0 Å². The summed E-state index contributed by atoms with van der Waals surface area (Å²) >= 11 is 3.57. The largest absolute Gasteiger partial charge is 0.303 e. The molecule has 0 saturated carbocycles. The van der Waals surface area contributed by atoms with Crippen molar-refractivity contribution in [1.29, 1.82) is 0 Å². The lowest BCUT2D eigenvalue weighted by Gasteiger charge is -2.22. The van der Waals surface area contributed by atoms with Gasteiger partial charge >= 0.3 is 0 Å². The SMILES string of the molecule is CC(C)c1cc(Br)cc(C(C)C)c1C(C)C=O. The van der Waals surface area contributed by atoms with Crippen molar-refractivity contribution in [2.75, 3.05) is 0 Å². The van der Waals surface area contributed by atoms with Gasteiger partial charge in [-0.1, -0.05) is 50.5 Å². The molecule has 0 amide bonds. The summed E-state index contributed by atoms with van der Waals surface area (Å²) in [4.78, 5) is 11.1. The number of rotatable bonds is 4. The molecule has 1 aromatic carbocycles. The molecule has 0 heterocycles. The summed E-state index contributed by atoms with van der Waals surface area (Å²) in [5, 5.41) is 0. The Bertz CT molecular complexity index is 378. The molecule has 0 aliphatic heterocycles. The summed E-state index contributed by atoms with van der Waals surface area (Å²) in [7, 11) is 0. The van der Waals surface area contributed by atoms with Crippen LogP contribution in [-0.4, -0.2) is 6.29 Å². The fourth-order valence-corrected chi connectivity index (χ4v) is 2.70. The topological polar surface area (TPSA) is 17.1 Å². The lowest BCUT2D eigenvalue weighted by atomic mass is 9.83. The van der Waals surface area contributed by atoms with Gasteiger partial charge in [-0.3, -0.25) is 0 Å². The standard InChI is InChI=1S/C15H21BrO/c1-9(2)13-6-12(16)7-14(10(3)4)15(13)11(5)8-17/h6-11H,1-5H3. The van der Waals surface area contributed by atoms with E-state index in [1.54, 1.807) is 0 Å². The third-order valence-corrected chi connectivity index (χ3v) is 3.57. The van der Waals surface area contributed by atoms with Crippen LogP contribution < -0.4 is 0 Å². The van der Waals surface area contributed by atoms with Crippen LogP contribution >= 0.6 is 15.9 Å². The molecule has 0 aliphatic carbocycles. The van der Waals surface area contributed by atoms with E-state index in [4.69, 9.17) is 0 Å². The van der Waals surface area contributed by atoms with E-state index in [-0.39, 0.29) is 5.92 Å². The highest BCUT2D eigenvalue weighted by molar-refractivity contribution is 9.10. The Kier molecular flexibility index (Phi) is 4.93. The Hall–Kier alpha value is -0.630. The van der Waals surface area contributed by atoms with Crippen molar-refractivity contribution in [2.45, 2.75) is 52.4 Å². The third kappa shape index (κ3) is 3.19. The highest BCUT2D eigenvalue weighted by Crippen LogP contribution is 2.35. The first-order valence-corrected chi connectivity index (χ1v) is 6.96. The molecule has 1 atom stereocenters. The predicted molar refractivity (Wildman–Crippen MR) is 76.8 cm³/mol. The minimum absolute atomic E-state index is 0.0297. The van der Waals surface area contributed by atoms with Gasteiger partial charge in [0, 0.05) is 10.4 Å². The predicted octanol–water partition coefficient (Wildman–Crippen LogP) is 5.00. The van der Waals surface area contributed by atoms with Gasteiger partial charge in [-0.25, -0.2) is 0 Å². The van der Waals surface area contributed by atoms with Crippen LogP contribution in [-0.2, 0) is 4.79 Å². The quantitative estimate of drug-likeness (QED) is 0.715. The van der Waals surface area contributed by atoms with E-state index in [1.807, 2.05) is 6.92 Å². The molecule has 94 valence electrons. The molecule has 0 fully saturated rings. The summed E-state index contributed by atoms with van der Waals surface area (Å²) in [5.74, 6) is 0.836. The van der Waals surface area contributed by atoms with Gasteiger partial charge in [0.1, 0.15) is 6.29 Å². The van der Waals surface area contributed by atoms with Crippen molar-refractivity contribution in [3.05, 3.63) is 33.3 Å². The molecule has 1 rings (SSSR count). The molecular formula is C15H21BrO. The first-order valence-electron chi connectivity index (χ1n) is 6.17. The summed E-state index contributed by atoms with van der Waals surface area (Å²) in [5.41, 5.74) is 3.78. The normalized spacial score (nSPS) is 13.2. The van der Waals surface area contributed by atoms with E-state index < -0.39 is 0 Å². The molecule has 1 nitrogen and oxygen atoms in total. The maximum atomic E-state index is 11.1. The first-order chi connectivity index (χ1) is 7.88. The van der Waals surface area contributed by atoms with Gasteiger partial charge in [-0.15, -0.1) is 0 Å². The van der Waals surface area contributed by atoms with Crippen LogP contribution in [0.5, 0.6) is 0 Å². The lowest BCUT2D eigenvalue weighted by molar-refractivity contribution is -0.108. The summed E-state index contributed by atoms with van der Waals surface area (Å²) in [6, 6.07) is 4.29. The van der Waals surface area contributed by atoms with Crippen LogP contribution in [0.15, 0.2) is 16.6 Å². The highest BCUT2D eigenvalue weighted by atomic mass is 79.9. The van der Waals surface area contributed by atoms with Crippen LogP contribution in [0.4, 0.5) is 0 Å². The molecule has 0 aliphatic rings. The fraction of sp³-hybridized carbons (Fsp3) is 0.533. The first kappa shape index (κ1) is 14.4. The van der Waals surface area contributed by atoms with Gasteiger partial charge in [0.15, 0.2) is 0 Å². The number of benzene rings is 1. The van der Waals surface area contributed by atoms with Crippen molar-refractivity contribution in [3.8, 4) is 0 Å². The van der Waals surface area contributed by atoms with Crippen molar-refractivity contribution in [2.24, 2.45) is 0 Å². The van der Waals surface area contributed by atoms with E-state index in [9.17, 15) is 4.79 Å². The van der Waals surface area contributed by atoms with Gasteiger partial charge < -0.3 is 4.79 Å². The van der Waals surface area contributed by atoms with E-state index >= 15 is 0 Å². The monoisotopic (exact) mass is 296 g/mol. The average Bonchev–Trinajstić information content (AvgIpc) is 2.26. The maximum Gasteiger partial charge on any atom is 0.127 e. The smallest absolute Gasteiger partial charge is 0.127 e. The second kappa shape index (κ2) is 5.81. The van der Waals surface area contributed by atoms with Crippen molar-refractivity contribution in [3.63, 3.8) is 0 Å². The minimum Gasteiger partial charge on any atom is -0.303 e. The summed E-state index contributed by atoms with van der Waals surface area (Å²) in [6.07, 6.45) is 1.04. The zero-order chi connectivity index (χ0) is 13.2.